The number of halogens is 3. The molecule has 1 saturated heterocycles. The van der Waals surface area contributed by atoms with Crippen LogP contribution in [0.15, 0.2) is 42.5 Å². The van der Waals surface area contributed by atoms with E-state index in [-0.39, 0.29) is 24.3 Å². The predicted molar refractivity (Wildman–Crippen MR) is 85.6 cm³/mol. The topological polar surface area (TPSA) is 40.6 Å². The Morgan fingerprint density at radius 1 is 1.00 bits per heavy atom. The van der Waals surface area contributed by atoms with Crippen LogP contribution in [0.4, 0.5) is 18.9 Å². The van der Waals surface area contributed by atoms with Crippen LogP contribution in [0.25, 0.3) is 0 Å². The Labute approximate surface area is 142 Å². The summed E-state index contributed by atoms with van der Waals surface area (Å²) < 4.78 is 40.0. The van der Waals surface area contributed by atoms with Gasteiger partial charge in [0, 0.05) is 24.7 Å². The lowest BCUT2D eigenvalue weighted by atomic mass is 10.1. The Balaban J connectivity index is 1.81. The van der Waals surface area contributed by atoms with E-state index in [0.29, 0.717) is 6.07 Å². The van der Waals surface area contributed by atoms with Crippen LogP contribution < -0.4 is 4.90 Å². The normalized spacial score (nSPS) is 17.8. The zero-order valence-corrected chi connectivity index (χ0v) is 13.4. The number of hydrogen-bond acceptors (Lipinski definition) is 2. The number of anilines is 1. The first-order valence-corrected chi connectivity index (χ1v) is 7.71. The molecule has 1 heterocycles. The van der Waals surface area contributed by atoms with Crippen LogP contribution in [0.3, 0.4) is 0 Å². The molecular weight excluding hydrogens is 333 g/mol. The van der Waals surface area contributed by atoms with Gasteiger partial charge in [0.15, 0.2) is 0 Å². The van der Waals surface area contributed by atoms with Crippen molar-refractivity contribution in [3.8, 4) is 0 Å². The van der Waals surface area contributed by atoms with Gasteiger partial charge in [0.25, 0.3) is 5.91 Å². The molecule has 1 aliphatic heterocycles. The summed E-state index contributed by atoms with van der Waals surface area (Å²) in [5.41, 5.74) is 0.245. The van der Waals surface area contributed by atoms with Gasteiger partial charge in [0.1, 0.15) is 23.5 Å². The van der Waals surface area contributed by atoms with Gasteiger partial charge in [0.05, 0.1) is 5.69 Å². The minimum absolute atomic E-state index is 0.0212. The SMILES string of the molecule is CC1C(=O)N(c2ccc(F)cc2F)CCN1C(=O)c1ccc(F)cc1. The lowest BCUT2D eigenvalue weighted by Gasteiger charge is -2.39. The first kappa shape index (κ1) is 17.0. The van der Waals surface area contributed by atoms with Gasteiger partial charge in [-0.1, -0.05) is 0 Å². The van der Waals surface area contributed by atoms with E-state index in [1.807, 2.05) is 0 Å². The third-order valence-electron chi connectivity index (χ3n) is 4.21. The third-order valence-corrected chi connectivity index (χ3v) is 4.21. The first-order chi connectivity index (χ1) is 11.9. The van der Waals surface area contributed by atoms with Gasteiger partial charge in [-0.15, -0.1) is 0 Å². The predicted octanol–water partition coefficient (Wildman–Crippen LogP) is 2.98. The molecule has 1 unspecified atom stereocenters. The molecule has 4 nitrogen and oxygen atoms in total. The summed E-state index contributed by atoms with van der Waals surface area (Å²) in [5, 5.41) is 0. The Morgan fingerprint density at radius 3 is 2.28 bits per heavy atom. The van der Waals surface area contributed by atoms with Crippen LogP contribution in [0.1, 0.15) is 17.3 Å². The van der Waals surface area contributed by atoms with Gasteiger partial charge in [-0.2, -0.15) is 0 Å². The highest BCUT2D eigenvalue weighted by molar-refractivity contribution is 6.03. The second kappa shape index (κ2) is 6.58. The second-order valence-electron chi connectivity index (χ2n) is 5.77. The molecule has 2 aromatic carbocycles. The molecule has 2 aromatic rings. The molecule has 0 N–H and O–H groups in total. The summed E-state index contributed by atoms with van der Waals surface area (Å²) in [7, 11) is 0. The van der Waals surface area contributed by atoms with E-state index in [0.717, 1.165) is 6.07 Å². The molecule has 25 heavy (non-hydrogen) atoms. The first-order valence-electron chi connectivity index (χ1n) is 7.71. The van der Waals surface area contributed by atoms with Crippen molar-refractivity contribution in [3.63, 3.8) is 0 Å². The van der Waals surface area contributed by atoms with Crippen molar-refractivity contribution in [2.24, 2.45) is 0 Å². The van der Waals surface area contributed by atoms with Gasteiger partial charge >= 0.3 is 0 Å². The summed E-state index contributed by atoms with van der Waals surface area (Å²) >= 11 is 0. The molecule has 130 valence electrons. The van der Waals surface area contributed by atoms with Crippen LogP contribution >= 0.6 is 0 Å². The van der Waals surface area contributed by atoms with Gasteiger partial charge in [-0.3, -0.25) is 9.59 Å². The minimum atomic E-state index is -0.834. The second-order valence-corrected chi connectivity index (χ2v) is 5.77. The highest BCUT2D eigenvalue weighted by Crippen LogP contribution is 2.25. The van der Waals surface area contributed by atoms with E-state index in [1.54, 1.807) is 0 Å². The smallest absolute Gasteiger partial charge is 0.254 e. The standard InChI is InChI=1S/C18H15F3N2O2/c1-11-17(24)23(16-7-6-14(20)10-15(16)21)9-8-22(11)18(25)12-2-4-13(19)5-3-12/h2-7,10-11H,8-9H2,1H3. The summed E-state index contributed by atoms with van der Waals surface area (Å²) in [6.07, 6.45) is 0. The molecule has 2 amide bonds. The van der Waals surface area contributed by atoms with Crippen LogP contribution in [-0.2, 0) is 4.79 Å². The molecule has 1 aliphatic rings. The number of nitrogens with zero attached hydrogens (tertiary/aromatic N) is 2. The fraction of sp³-hybridized carbons (Fsp3) is 0.222. The van der Waals surface area contributed by atoms with Crippen molar-refractivity contribution in [1.29, 1.82) is 0 Å². The van der Waals surface area contributed by atoms with E-state index in [2.05, 4.69) is 0 Å². The monoisotopic (exact) mass is 348 g/mol. The number of rotatable bonds is 2. The molecule has 0 bridgehead atoms. The lowest BCUT2D eigenvalue weighted by Crippen LogP contribution is -2.58. The van der Waals surface area contributed by atoms with E-state index in [4.69, 9.17) is 0 Å². The molecular formula is C18H15F3N2O2. The number of carbonyl (C=O) groups is 2. The Hall–Kier alpha value is -2.83. The average molecular weight is 348 g/mol. The van der Waals surface area contributed by atoms with Crippen molar-refractivity contribution >= 4 is 17.5 Å². The largest absolute Gasteiger partial charge is 0.325 e. The van der Waals surface area contributed by atoms with Crippen LogP contribution in [0.5, 0.6) is 0 Å². The number of carbonyl (C=O) groups excluding carboxylic acids is 2. The number of hydrogen-bond donors (Lipinski definition) is 0. The third kappa shape index (κ3) is 3.22. The maximum absolute atomic E-state index is 13.9. The fourth-order valence-corrected chi connectivity index (χ4v) is 2.85. The minimum Gasteiger partial charge on any atom is -0.325 e. The van der Waals surface area contributed by atoms with Crippen LogP contribution in [0.2, 0.25) is 0 Å². The number of piperazine rings is 1. The molecule has 1 fully saturated rings. The highest BCUT2D eigenvalue weighted by atomic mass is 19.1. The summed E-state index contributed by atoms with van der Waals surface area (Å²) in [5.74, 6) is -2.89. The fourth-order valence-electron chi connectivity index (χ4n) is 2.85. The van der Waals surface area contributed by atoms with Crippen molar-refractivity contribution in [2.75, 3.05) is 18.0 Å². The van der Waals surface area contributed by atoms with E-state index in [9.17, 15) is 22.8 Å². The Kier molecular flexibility index (Phi) is 4.48. The molecule has 7 heteroatoms. The zero-order valence-electron chi connectivity index (χ0n) is 13.4. The Morgan fingerprint density at radius 2 is 1.64 bits per heavy atom. The summed E-state index contributed by atoms with van der Waals surface area (Å²) in [4.78, 5) is 27.7. The Bertz CT molecular complexity index is 824. The van der Waals surface area contributed by atoms with Crippen molar-refractivity contribution in [2.45, 2.75) is 13.0 Å². The molecule has 0 spiro atoms. The van der Waals surface area contributed by atoms with Crippen molar-refractivity contribution < 1.29 is 22.8 Å². The van der Waals surface area contributed by atoms with Crippen molar-refractivity contribution in [3.05, 3.63) is 65.5 Å². The van der Waals surface area contributed by atoms with Gasteiger partial charge < -0.3 is 9.80 Å². The van der Waals surface area contributed by atoms with E-state index < -0.39 is 35.3 Å². The zero-order chi connectivity index (χ0) is 18.1. The number of amides is 2. The molecule has 1 atom stereocenters. The molecule has 0 aromatic heterocycles. The summed E-state index contributed by atoms with van der Waals surface area (Å²) in [6.45, 7) is 1.80. The van der Waals surface area contributed by atoms with Gasteiger partial charge in [-0.25, -0.2) is 13.2 Å². The quantitative estimate of drug-likeness (QED) is 0.837. The highest BCUT2D eigenvalue weighted by Gasteiger charge is 2.36. The van der Waals surface area contributed by atoms with Gasteiger partial charge in [0.2, 0.25) is 5.91 Å². The lowest BCUT2D eigenvalue weighted by molar-refractivity contribution is -0.124. The average Bonchev–Trinajstić information content (AvgIpc) is 2.58. The molecule has 0 saturated carbocycles. The molecule has 0 radical (unpaired) electrons. The van der Waals surface area contributed by atoms with Gasteiger partial charge in [-0.05, 0) is 43.3 Å². The molecule has 0 aliphatic carbocycles. The van der Waals surface area contributed by atoms with Crippen molar-refractivity contribution in [1.82, 2.24) is 4.90 Å². The number of benzene rings is 2. The van der Waals surface area contributed by atoms with E-state index >= 15 is 0 Å². The maximum Gasteiger partial charge on any atom is 0.254 e. The molecule has 3 rings (SSSR count). The van der Waals surface area contributed by atoms with Crippen LogP contribution in [-0.4, -0.2) is 35.8 Å². The van der Waals surface area contributed by atoms with Crippen LogP contribution in [0, 0.1) is 17.5 Å². The summed E-state index contributed by atoms with van der Waals surface area (Å²) in [6, 6.07) is 7.20. The maximum atomic E-state index is 13.9. The van der Waals surface area contributed by atoms with E-state index in [1.165, 1.54) is 47.1 Å².